The number of hydrogen-bond donors (Lipinski definition) is 2. The summed E-state index contributed by atoms with van der Waals surface area (Å²) in [5, 5.41) is 0. The summed E-state index contributed by atoms with van der Waals surface area (Å²) in [7, 11) is -4.40. The van der Waals surface area contributed by atoms with Crippen molar-refractivity contribution in [3.05, 3.63) is 24.3 Å². The lowest BCUT2D eigenvalue weighted by Gasteiger charge is -2.12. The second-order valence-corrected chi connectivity index (χ2v) is 5.08. The van der Waals surface area contributed by atoms with Crippen LogP contribution in [-0.4, -0.2) is 31.6 Å². The van der Waals surface area contributed by atoms with E-state index >= 15 is 0 Å². The maximum absolute atomic E-state index is 11.7. The average molecular weight is 288 g/mol. The molecule has 0 aliphatic heterocycles. The highest BCUT2D eigenvalue weighted by atomic mass is 32.2. The van der Waals surface area contributed by atoms with E-state index in [0.29, 0.717) is 0 Å². The van der Waals surface area contributed by atoms with Crippen LogP contribution in [0.4, 0.5) is 10.5 Å². The van der Waals surface area contributed by atoms with Gasteiger partial charge in [0.15, 0.2) is 5.69 Å². The van der Waals surface area contributed by atoms with Crippen LogP contribution in [0, 0.1) is 0 Å². The van der Waals surface area contributed by atoms with Gasteiger partial charge in [0.2, 0.25) is 0 Å². The highest BCUT2D eigenvalue weighted by Crippen LogP contribution is 2.12. The molecule has 104 valence electrons. The Bertz CT molecular complexity index is 595. The minimum absolute atomic E-state index is 0.0843. The van der Waals surface area contributed by atoms with Crippen molar-refractivity contribution < 1.29 is 32.2 Å². The molecule has 19 heavy (non-hydrogen) atoms. The van der Waals surface area contributed by atoms with Crippen LogP contribution >= 0.6 is 0 Å². The number of carbonyl (C=O) groups excluding carboxylic acids is 2. The Balaban J connectivity index is 3.25. The summed E-state index contributed by atoms with van der Waals surface area (Å²) in [5.74, 6) is -0.550. The lowest BCUT2D eigenvalue weighted by atomic mass is 10.3. The van der Waals surface area contributed by atoms with Gasteiger partial charge in [0.05, 0.1) is 18.4 Å². The molecule has 0 bridgehead atoms. The third kappa shape index (κ3) is 3.85. The van der Waals surface area contributed by atoms with Crippen LogP contribution in [0.5, 0.6) is 0 Å². The summed E-state index contributed by atoms with van der Waals surface area (Å²) in [6.45, 7) is 2.85. The molecule has 1 aromatic rings. The zero-order chi connectivity index (χ0) is 14.6. The van der Waals surface area contributed by atoms with Crippen molar-refractivity contribution in [3.63, 3.8) is 0 Å². The second-order valence-electron chi connectivity index (χ2n) is 3.65. The fourth-order valence-corrected chi connectivity index (χ4v) is 2.01. The molecule has 1 atom stereocenters. The monoisotopic (exact) mass is 288 g/mol. The summed E-state index contributed by atoms with van der Waals surface area (Å²) in [5.41, 5.74) is 0.0843. The molecule has 0 aliphatic rings. The fraction of sp³-hybridized carbons (Fsp3) is 0.273. The number of imide groups is 1. The molecule has 0 saturated heterocycles. The van der Waals surface area contributed by atoms with Crippen molar-refractivity contribution in [2.75, 3.05) is 6.61 Å². The molecule has 1 unspecified atom stereocenters. The Labute approximate surface area is 110 Å². The van der Waals surface area contributed by atoms with E-state index in [0.717, 1.165) is 12.1 Å². The number of nitrogens with one attached hydrogen (secondary N) is 1. The molecule has 2 N–H and O–H groups in total. The SMILES string of the molecule is CCOC(=O)[NH+](C(C)=O)c1cccc(S(=O)(=O)O)c1. The number of quaternary nitrogens is 1. The molecule has 0 heterocycles. The minimum atomic E-state index is -4.40. The van der Waals surface area contributed by atoms with Gasteiger partial charge in [0, 0.05) is 12.1 Å². The summed E-state index contributed by atoms with van der Waals surface area (Å²) >= 11 is 0. The highest BCUT2D eigenvalue weighted by molar-refractivity contribution is 7.85. The van der Waals surface area contributed by atoms with Gasteiger partial charge in [-0.05, 0) is 13.0 Å². The summed E-state index contributed by atoms with van der Waals surface area (Å²) in [4.78, 5) is 22.5. The maximum Gasteiger partial charge on any atom is 0.527 e. The number of amides is 2. The Hall–Kier alpha value is -1.77. The summed E-state index contributed by atoms with van der Waals surface area (Å²) in [6, 6.07) is 4.91. The molecule has 0 aliphatic carbocycles. The van der Waals surface area contributed by atoms with Crippen molar-refractivity contribution in [2.45, 2.75) is 18.7 Å². The quantitative estimate of drug-likeness (QED) is 0.768. The van der Waals surface area contributed by atoms with E-state index in [1.54, 1.807) is 6.92 Å². The average Bonchev–Trinajstić information content (AvgIpc) is 2.28. The van der Waals surface area contributed by atoms with Crippen molar-refractivity contribution in [2.24, 2.45) is 0 Å². The molecule has 7 nitrogen and oxygen atoms in total. The lowest BCUT2D eigenvalue weighted by molar-refractivity contribution is -0.666. The topological polar surface area (TPSA) is 102 Å². The number of rotatable bonds is 3. The lowest BCUT2D eigenvalue weighted by Crippen LogP contribution is -3.12. The molecule has 8 heteroatoms. The van der Waals surface area contributed by atoms with E-state index in [-0.39, 0.29) is 17.2 Å². The van der Waals surface area contributed by atoms with Gasteiger partial charge in [0.1, 0.15) is 0 Å². The predicted octanol–water partition coefficient (Wildman–Crippen LogP) is 0.153. The van der Waals surface area contributed by atoms with Crippen LogP contribution in [-0.2, 0) is 19.6 Å². The Kier molecular flexibility index (Phi) is 4.76. The van der Waals surface area contributed by atoms with Gasteiger partial charge in [-0.1, -0.05) is 6.07 Å². The molecular weight excluding hydrogens is 274 g/mol. The molecule has 0 spiro atoms. The Morgan fingerprint density at radius 2 is 2.00 bits per heavy atom. The Morgan fingerprint density at radius 3 is 2.47 bits per heavy atom. The third-order valence-corrected chi connectivity index (χ3v) is 3.10. The number of ether oxygens (including phenoxy) is 1. The van der Waals surface area contributed by atoms with Crippen LogP contribution in [0.25, 0.3) is 0 Å². The first-order valence-corrected chi connectivity index (χ1v) is 6.84. The van der Waals surface area contributed by atoms with Gasteiger partial charge in [0.25, 0.3) is 10.1 Å². The zero-order valence-corrected chi connectivity index (χ0v) is 11.2. The Morgan fingerprint density at radius 1 is 1.37 bits per heavy atom. The van der Waals surface area contributed by atoms with Gasteiger partial charge in [-0.3, -0.25) is 4.55 Å². The van der Waals surface area contributed by atoms with Gasteiger partial charge >= 0.3 is 12.0 Å². The molecule has 0 saturated carbocycles. The molecule has 1 aromatic carbocycles. The van der Waals surface area contributed by atoms with Crippen molar-refractivity contribution >= 4 is 27.8 Å². The molecule has 0 aromatic heterocycles. The van der Waals surface area contributed by atoms with E-state index in [2.05, 4.69) is 0 Å². The molecule has 2 amide bonds. The van der Waals surface area contributed by atoms with E-state index in [1.165, 1.54) is 19.1 Å². The largest absolute Gasteiger partial charge is 0.527 e. The molecule has 0 radical (unpaired) electrons. The maximum atomic E-state index is 11.7. The van der Waals surface area contributed by atoms with Gasteiger partial charge in [-0.25, -0.2) is 4.79 Å². The van der Waals surface area contributed by atoms with Gasteiger partial charge in [-0.15, -0.1) is 4.90 Å². The van der Waals surface area contributed by atoms with Crippen LogP contribution in [0.3, 0.4) is 0 Å². The van der Waals surface area contributed by atoms with E-state index in [4.69, 9.17) is 9.29 Å². The highest BCUT2D eigenvalue weighted by Gasteiger charge is 2.29. The standard InChI is InChI=1S/C11H13NO6S/c1-3-18-11(14)12(8(2)13)9-5-4-6-10(7-9)19(15,16)17/h4-7H,3H2,1-2H3,(H,15,16,17)/p+1. The van der Waals surface area contributed by atoms with Crippen molar-refractivity contribution in [1.29, 1.82) is 0 Å². The normalized spacial score (nSPS) is 12.8. The predicted molar refractivity (Wildman–Crippen MR) is 64.6 cm³/mol. The summed E-state index contributed by atoms with van der Waals surface area (Å²) < 4.78 is 35.7. The van der Waals surface area contributed by atoms with Crippen molar-refractivity contribution in [1.82, 2.24) is 0 Å². The van der Waals surface area contributed by atoms with Gasteiger partial charge < -0.3 is 4.74 Å². The van der Waals surface area contributed by atoms with E-state index in [1.807, 2.05) is 0 Å². The summed E-state index contributed by atoms with van der Waals surface area (Å²) in [6.07, 6.45) is -0.831. The van der Waals surface area contributed by atoms with E-state index < -0.39 is 27.0 Å². The van der Waals surface area contributed by atoms with Gasteiger partial charge in [-0.2, -0.15) is 13.2 Å². The number of benzene rings is 1. The first kappa shape index (κ1) is 15.3. The molecular formula is C11H14NO6S+. The number of hydrogen-bond acceptors (Lipinski definition) is 5. The molecule has 0 fully saturated rings. The number of carbonyl (C=O) groups is 2. The zero-order valence-electron chi connectivity index (χ0n) is 10.4. The third-order valence-electron chi connectivity index (χ3n) is 2.25. The minimum Gasteiger partial charge on any atom is -0.420 e. The fourth-order valence-electron chi connectivity index (χ4n) is 1.48. The number of alkyl carbamates (subject to hydrolysis) is 1. The van der Waals surface area contributed by atoms with E-state index in [9.17, 15) is 18.0 Å². The first-order valence-electron chi connectivity index (χ1n) is 5.40. The van der Waals surface area contributed by atoms with Crippen LogP contribution in [0.1, 0.15) is 13.8 Å². The smallest absolute Gasteiger partial charge is 0.420 e. The van der Waals surface area contributed by atoms with Crippen LogP contribution in [0.15, 0.2) is 29.2 Å². The molecule has 1 rings (SSSR count). The van der Waals surface area contributed by atoms with Crippen LogP contribution in [0.2, 0.25) is 0 Å². The van der Waals surface area contributed by atoms with Crippen LogP contribution < -0.4 is 4.90 Å². The second kappa shape index (κ2) is 5.91. The first-order chi connectivity index (χ1) is 8.77. The van der Waals surface area contributed by atoms with Crippen molar-refractivity contribution in [3.8, 4) is 0 Å².